The van der Waals surface area contributed by atoms with Gasteiger partial charge in [0.05, 0.1) is 21.8 Å². The first-order valence-electron chi connectivity index (χ1n) is 11.7. The van der Waals surface area contributed by atoms with Crippen LogP contribution in [0.2, 0.25) is 0 Å². The lowest BCUT2D eigenvalue weighted by molar-refractivity contribution is 0.247. The summed E-state index contributed by atoms with van der Waals surface area (Å²) in [6.07, 6.45) is 8.00. The van der Waals surface area contributed by atoms with Crippen LogP contribution in [0.15, 0.2) is 59.6 Å². The highest BCUT2D eigenvalue weighted by atomic mass is 32.2. The third-order valence-corrected chi connectivity index (χ3v) is 9.45. The monoisotopic (exact) mass is 447 g/mol. The van der Waals surface area contributed by atoms with Crippen LogP contribution in [0.4, 0.5) is 5.69 Å². The van der Waals surface area contributed by atoms with Crippen molar-refractivity contribution in [2.45, 2.75) is 55.9 Å². The summed E-state index contributed by atoms with van der Waals surface area (Å²) in [5.74, 6) is 0. The molecule has 3 heterocycles. The van der Waals surface area contributed by atoms with Crippen molar-refractivity contribution in [3.8, 4) is 5.69 Å². The van der Waals surface area contributed by atoms with E-state index in [1.54, 1.807) is 4.31 Å². The summed E-state index contributed by atoms with van der Waals surface area (Å²) >= 11 is 0. The molecule has 1 N–H and O–H groups in total. The smallest absolute Gasteiger partial charge is 0.243 e. The van der Waals surface area contributed by atoms with E-state index >= 15 is 0 Å². The lowest BCUT2D eigenvalue weighted by atomic mass is 9.83. The van der Waals surface area contributed by atoms with Crippen LogP contribution < -0.4 is 5.32 Å². The number of aromatic nitrogens is 1. The average Bonchev–Trinajstić information content (AvgIpc) is 3.30. The predicted octanol–water partition coefficient (Wildman–Crippen LogP) is 4.77. The van der Waals surface area contributed by atoms with E-state index in [1.165, 1.54) is 28.8 Å². The second kappa shape index (κ2) is 7.22. The van der Waals surface area contributed by atoms with Crippen LogP contribution >= 0.6 is 0 Å². The second-order valence-electron chi connectivity index (χ2n) is 9.53. The van der Waals surface area contributed by atoms with Crippen molar-refractivity contribution in [1.82, 2.24) is 8.87 Å². The second-order valence-corrected chi connectivity index (χ2v) is 11.5. The van der Waals surface area contributed by atoms with Crippen LogP contribution in [0, 0.1) is 6.92 Å². The van der Waals surface area contributed by atoms with Gasteiger partial charge in [0.15, 0.2) is 0 Å². The molecule has 1 spiro atoms. The van der Waals surface area contributed by atoms with Gasteiger partial charge in [-0.25, -0.2) is 8.42 Å². The summed E-state index contributed by atoms with van der Waals surface area (Å²) in [6, 6.07) is 16.5. The molecule has 0 atom stereocenters. The Morgan fingerprint density at radius 1 is 0.938 bits per heavy atom. The minimum Gasteiger partial charge on any atom is -0.372 e. The summed E-state index contributed by atoms with van der Waals surface area (Å²) in [5.41, 5.74) is 7.00. The Kier molecular flexibility index (Phi) is 4.53. The van der Waals surface area contributed by atoms with Gasteiger partial charge in [0.1, 0.15) is 0 Å². The summed E-state index contributed by atoms with van der Waals surface area (Å²) in [5, 5.41) is 3.81. The van der Waals surface area contributed by atoms with Crippen LogP contribution in [0.1, 0.15) is 48.1 Å². The Morgan fingerprint density at radius 3 is 2.53 bits per heavy atom. The zero-order valence-corrected chi connectivity index (χ0v) is 19.3. The van der Waals surface area contributed by atoms with Gasteiger partial charge in [0.25, 0.3) is 0 Å². The average molecular weight is 448 g/mol. The Labute approximate surface area is 190 Å². The molecule has 32 heavy (non-hydrogen) atoms. The van der Waals surface area contributed by atoms with Crippen LogP contribution in [-0.4, -0.2) is 30.4 Å². The maximum atomic E-state index is 13.5. The quantitative estimate of drug-likeness (QED) is 0.616. The van der Waals surface area contributed by atoms with Gasteiger partial charge in [-0.15, -0.1) is 0 Å². The van der Waals surface area contributed by atoms with Crippen LogP contribution in [0.3, 0.4) is 0 Å². The molecule has 6 heteroatoms. The molecule has 6 rings (SSSR count). The molecule has 2 aromatic carbocycles. The maximum Gasteiger partial charge on any atom is 0.243 e. The molecule has 2 aliphatic heterocycles. The Bertz CT molecular complexity index is 1300. The minimum absolute atomic E-state index is 0.244. The Balaban J connectivity index is 1.28. The van der Waals surface area contributed by atoms with E-state index in [2.05, 4.69) is 53.3 Å². The molecule has 0 saturated carbocycles. The van der Waals surface area contributed by atoms with Crippen molar-refractivity contribution < 1.29 is 8.42 Å². The van der Waals surface area contributed by atoms with Gasteiger partial charge in [0, 0.05) is 25.0 Å². The first-order valence-corrected chi connectivity index (χ1v) is 13.1. The van der Waals surface area contributed by atoms with E-state index in [0.29, 0.717) is 18.0 Å². The minimum atomic E-state index is -3.48. The number of nitrogens with one attached hydrogen (secondary N) is 1. The molecule has 1 saturated heterocycles. The highest BCUT2D eigenvalue weighted by Crippen LogP contribution is 2.44. The van der Waals surface area contributed by atoms with Gasteiger partial charge in [-0.2, -0.15) is 4.31 Å². The van der Waals surface area contributed by atoms with Crippen LogP contribution in [-0.2, 0) is 28.4 Å². The van der Waals surface area contributed by atoms with Gasteiger partial charge in [-0.05, 0) is 98.5 Å². The molecule has 1 aliphatic carbocycles. The normalized spacial score (nSPS) is 19.7. The van der Waals surface area contributed by atoms with Crippen molar-refractivity contribution in [1.29, 1.82) is 0 Å². The molecule has 0 bridgehead atoms. The van der Waals surface area contributed by atoms with Gasteiger partial charge >= 0.3 is 0 Å². The SMILES string of the molecule is Cc1ccc2c(c1)NC1(CCN(S(=O)(=O)c3ccc4c(c3)CCCC4)CC1)c1cccn1-2. The van der Waals surface area contributed by atoms with Crippen LogP contribution in [0.5, 0.6) is 0 Å². The topological polar surface area (TPSA) is 54.3 Å². The van der Waals surface area contributed by atoms with Crippen molar-refractivity contribution in [3.63, 3.8) is 0 Å². The van der Waals surface area contributed by atoms with Crippen LogP contribution in [0.25, 0.3) is 5.69 Å². The van der Waals surface area contributed by atoms with E-state index in [1.807, 2.05) is 18.2 Å². The third-order valence-electron chi connectivity index (χ3n) is 7.56. The molecule has 5 nitrogen and oxygen atoms in total. The van der Waals surface area contributed by atoms with Gasteiger partial charge in [0.2, 0.25) is 10.0 Å². The van der Waals surface area contributed by atoms with Crippen molar-refractivity contribution >= 4 is 15.7 Å². The summed E-state index contributed by atoms with van der Waals surface area (Å²) < 4.78 is 30.9. The fourth-order valence-corrected chi connectivity index (χ4v) is 7.26. The standard InChI is InChI=1S/C26H29N3O2S/c1-19-8-11-24-23(17-19)27-26(25-7-4-14-29(24)25)12-15-28(16-13-26)32(30,31)22-10-9-20-5-2-3-6-21(20)18-22/h4,7-11,14,17-18,27H,2-3,5-6,12-13,15-16H2,1H3. The molecule has 3 aromatic rings. The highest BCUT2D eigenvalue weighted by molar-refractivity contribution is 7.89. The first kappa shape index (κ1) is 20.1. The lowest BCUT2D eigenvalue weighted by Crippen LogP contribution is -2.51. The Morgan fingerprint density at radius 2 is 1.72 bits per heavy atom. The molecule has 3 aliphatic rings. The van der Waals surface area contributed by atoms with Crippen molar-refractivity contribution in [3.05, 3.63) is 77.1 Å². The van der Waals surface area contributed by atoms with E-state index in [9.17, 15) is 8.42 Å². The molecular formula is C26H29N3O2S. The zero-order valence-electron chi connectivity index (χ0n) is 18.5. The number of sulfonamides is 1. The van der Waals surface area contributed by atoms with E-state index in [-0.39, 0.29) is 5.54 Å². The number of anilines is 1. The van der Waals surface area contributed by atoms with Crippen molar-refractivity contribution in [2.75, 3.05) is 18.4 Å². The van der Waals surface area contributed by atoms with Gasteiger partial charge in [-0.3, -0.25) is 0 Å². The number of aryl methyl sites for hydroxylation is 3. The fraction of sp³-hybridized carbons (Fsp3) is 0.385. The van der Waals surface area contributed by atoms with E-state index in [0.717, 1.165) is 43.5 Å². The molecule has 0 unspecified atom stereocenters. The maximum absolute atomic E-state index is 13.5. The van der Waals surface area contributed by atoms with E-state index < -0.39 is 10.0 Å². The number of fused-ring (bicyclic) bond motifs is 5. The number of rotatable bonds is 2. The van der Waals surface area contributed by atoms with Gasteiger partial charge in [-0.1, -0.05) is 12.1 Å². The summed E-state index contributed by atoms with van der Waals surface area (Å²) in [4.78, 5) is 0.454. The molecule has 0 radical (unpaired) electrons. The van der Waals surface area contributed by atoms with E-state index in [4.69, 9.17) is 0 Å². The summed E-state index contributed by atoms with van der Waals surface area (Å²) in [7, 11) is -3.48. The molecule has 0 amide bonds. The molecule has 1 aromatic heterocycles. The largest absolute Gasteiger partial charge is 0.372 e. The zero-order chi connectivity index (χ0) is 21.9. The van der Waals surface area contributed by atoms with Gasteiger partial charge < -0.3 is 9.88 Å². The molecule has 1 fully saturated rings. The molecule has 166 valence electrons. The number of hydrogen-bond acceptors (Lipinski definition) is 3. The summed E-state index contributed by atoms with van der Waals surface area (Å²) in [6.45, 7) is 3.13. The number of nitrogens with zero attached hydrogens (tertiary/aromatic N) is 2. The first-order chi connectivity index (χ1) is 15.5. The number of benzene rings is 2. The number of piperidine rings is 1. The highest BCUT2D eigenvalue weighted by Gasteiger charge is 2.43. The van der Waals surface area contributed by atoms with Crippen molar-refractivity contribution in [2.24, 2.45) is 0 Å². The fourth-order valence-electron chi connectivity index (χ4n) is 5.77. The molecular weight excluding hydrogens is 418 g/mol. The lowest BCUT2D eigenvalue weighted by Gasteiger charge is -2.46. The third kappa shape index (κ3) is 3.04. The predicted molar refractivity (Wildman–Crippen MR) is 127 cm³/mol. The Hall–Kier alpha value is -2.57. The number of hydrogen-bond donors (Lipinski definition) is 1.